The molecule has 1 aromatic heterocycles. The van der Waals surface area contributed by atoms with E-state index in [4.69, 9.17) is 0 Å². The average Bonchev–Trinajstić information content (AvgIpc) is 3.36. The first-order chi connectivity index (χ1) is 17.8. The van der Waals surface area contributed by atoms with Gasteiger partial charge in [0.2, 0.25) is 0 Å². The highest BCUT2D eigenvalue weighted by Crippen LogP contribution is 2.54. The van der Waals surface area contributed by atoms with Crippen molar-refractivity contribution in [3.05, 3.63) is 118 Å². The van der Waals surface area contributed by atoms with Gasteiger partial charge in [0.15, 0.2) is 0 Å². The third-order valence-electron chi connectivity index (χ3n) is 8.20. The van der Waals surface area contributed by atoms with Crippen LogP contribution in [0.1, 0.15) is 41.0 Å². The van der Waals surface area contributed by atoms with E-state index < -0.39 is 0 Å². The van der Waals surface area contributed by atoms with Crippen molar-refractivity contribution in [1.29, 1.82) is 0 Å². The molecule has 0 saturated carbocycles. The van der Waals surface area contributed by atoms with E-state index in [0.29, 0.717) is 0 Å². The van der Waals surface area contributed by atoms with E-state index in [1.165, 1.54) is 81.4 Å². The molecule has 1 aliphatic carbocycles. The quantitative estimate of drug-likeness (QED) is 0.210. The SMILES string of the molecule is Cc1cc(C)cc(-c2c3ccccc3c(-c3ccc4c(c3)C(C)(C)c3cc(C)sc3-4)c3ccccc23)c1. The minimum absolute atomic E-state index is 0.01000. The molecule has 180 valence electrons. The fourth-order valence-electron chi connectivity index (χ4n) is 6.61. The van der Waals surface area contributed by atoms with Gasteiger partial charge in [0.05, 0.1) is 0 Å². The summed E-state index contributed by atoms with van der Waals surface area (Å²) in [6.45, 7) is 11.4. The third-order valence-corrected chi connectivity index (χ3v) is 9.28. The standard InChI is InChI=1S/C36H30S/c1-21-16-22(2)18-25(17-21)34-28-12-8-6-10-26(28)33(27-11-7-9-13-29(27)34)24-14-15-30-31(20-24)36(4,5)32-19-23(3)37-35(30)32/h6-20H,1-5H3. The predicted octanol–water partition coefficient (Wildman–Crippen LogP) is 10.6. The number of hydrogen-bond acceptors (Lipinski definition) is 1. The van der Waals surface area contributed by atoms with Crippen LogP contribution >= 0.6 is 11.3 Å². The summed E-state index contributed by atoms with van der Waals surface area (Å²) in [6, 6.07) is 34.5. The fraction of sp³-hybridized carbons (Fsp3) is 0.167. The zero-order valence-corrected chi connectivity index (χ0v) is 22.9. The normalized spacial score (nSPS) is 13.8. The number of hydrogen-bond donors (Lipinski definition) is 0. The Morgan fingerprint density at radius 3 is 1.65 bits per heavy atom. The Balaban J connectivity index is 1.56. The van der Waals surface area contributed by atoms with E-state index in [0.717, 1.165) is 0 Å². The zero-order valence-electron chi connectivity index (χ0n) is 22.1. The summed E-state index contributed by atoms with van der Waals surface area (Å²) < 4.78 is 0. The van der Waals surface area contributed by atoms with Gasteiger partial charge in [-0.3, -0.25) is 0 Å². The molecular formula is C36H30S. The van der Waals surface area contributed by atoms with E-state index >= 15 is 0 Å². The van der Waals surface area contributed by atoms with Crippen LogP contribution in [0, 0.1) is 20.8 Å². The van der Waals surface area contributed by atoms with Crippen LogP contribution in [-0.2, 0) is 5.41 Å². The molecule has 0 amide bonds. The Bertz CT molecular complexity index is 1800. The zero-order chi connectivity index (χ0) is 25.5. The molecule has 0 N–H and O–H groups in total. The van der Waals surface area contributed by atoms with E-state index in [1.807, 2.05) is 11.3 Å². The van der Waals surface area contributed by atoms with Crippen molar-refractivity contribution in [3.8, 4) is 32.7 Å². The van der Waals surface area contributed by atoms with Crippen LogP contribution in [0.3, 0.4) is 0 Å². The molecule has 0 bridgehead atoms. The Labute approximate surface area is 223 Å². The average molecular weight is 495 g/mol. The van der Waals surface area contributed by atoms with Crippen LogP contribution in [0.4, 0.5) is 0 Å². The van der Waals surface area contributed by atoms with Crippen LogP contribution in [0.2, 0.25) is 0 Å². The minimum Gasteiger partial charge on any atom is -0.140 e. The van der Waals surface area contributed by atoms with Crippen LogP contribution < -0.4 is 0 Å². The molecule has 6 aromatic rings. The minimum atomic E-state index is 0.01000. The molecule has 0 unspecified atom stereocenters. The highest BCUT2D eigenvalue weighted by atomic mass is 32.1. The highest BCUT2D eigenvalue weighted by molar-refractivity contribution is 7.15. The van der Waals surface area contributed by atoms with Gasteiger partial charge in [-0.25, -0.2) is 0 Å². The molecular weight excluding hydrogens is 464 g/mol. The first-order valence-electron chi connectivity index (χ1n) is 13.1. The highest BCUT2D eigenvalue weighted by Gasteiger charge is 2.37. The lowest BCUT2D eigenvalue weighted by atomic mass is 9.80. The number of rotatable bonds is 2. The molecule has 0 aliphatic heterocycles. The summed E-state index contributed by atoms with van der Waals surface area (Å²) in [5, 5.41) is 5.26. The second-order valence-corrected chi connectivity index (χ2v) is 12.5. The number of thiophene rings is 1. The van der Waals surface area contributed by atoms with Crippen LogP contribution in [0.25, 0.3) is 54.2 Å². The molecule has 0 radical (unpaired) electrons. The molecule has 0 nitrogen and oxygen atoms in total. The van der Waals surface area contributed by atoms with Crippen molar-refractivity contribution in [2.24, 2.45) is 0 Å². The summed E-state index contributed by atoms with van der Waals surface area (Å²) in [5.74, 6) is 0. The Kier molecular flexibility index (Phi) is 4.81. The maximum Gasteiger partial charge on any atom is 0.0389 e. The fourth-order valence-corrected chi connectivity index (χ4v) is 7.82. The van der Waals surface area contributed by atoms with Gasteiger partial charge in [0.1, 0.15) is 0 Å². The summed E-state index contributed by atoms with van der Waals surface area (Å²) >= 11 is 1.93. The van der Waals surface area contributed by atoms with Gasteiger partial charge in [0, 0.05) is 15.2 Å². The molecule has 0 saturated heterocycles. The van der Waals surface area contributed by atoms with Gasteiger partial charge >= 0.3 is 0 Å². The number of aryl methyl sites for hydroxylation is 3. The molecule has 1 heteroatoms. The third kappa shape index (κ3) is 3.27. The summed E-state index contributed by atoms with van der Waals surface area (Å²) in [5.41, 5.74) is 12.2. The molecule has 1 aliphatic rings. The second kappa shape index (κ2) is 7.91. The topological polar surface area (TPSA) is 0 Å². The maximum atomic E-state index is 2.47. The van der Waals surface area contributed by atoms with Crippen LogP contribution in [0.5, 0.6) is 0 Å². The molecule has 1 heterocycles. The summed E-state index contributed by atoms with van der Waals surface area (Å²) in [4.78, 5) is 2.84. The van der Waals surface area contributed by atoms with E-state index in [9.17, 15) is 0 Å². The summed E-state index contributed by atoms with van der Waals surface area (Å²) in [7, 11) is 0. The van der Waals surface area contributed by atoms with Crippen molar-refractivity contribution in [2.45, 2.75) is 40.0 Å². The second-order valence-electron chi connectivity index (χ2n) is 11.2. The molecule has 0 fully saturated rings. The van der Waals surface area contributed by atoms with Crippen molar-refractivity contribution in [3.63, 3.8) is 0 Å². The Hall–Kier alpha value is -3.68. The van der Waals surface area contributed by atoms with Crippen LogP contribution in [-0.4, -0.2) is 0 Å². The molecule has 7 rings (SSSR count). The van der Waals surface area contributed by atoms with Gasteiger partial charge in [-0.05, 0) is 93.4 Å². The van der Waals surface area contributed by atoms with Gasteiger partial charge < -0.3 is 0 Å². The van der Waals surface area contributed by atoms with Crippen molar-refractivity contribution >= 4 is 32.9 Å². The molecule has 5 aromatic carbocycles. The van der Waals surface area contributed by atoms with Gasteiger partial charge in [-0.15, -0.1) is 11.3 Å². The molecule has 0 spiro atoms. The van der Waals surface area contributed by atoms with E-state index in [1.54, 1.807) is 0 Å². The van der Waals surface area contributed by atoms with Gasteiger partial charge in [-0.1, -0.05) is 104 Å². The van der Waals surface area contributed by atoms with Crippen molar-refractivity contribution in [1.82, 2.24) is 0 Å². The number of benzene rings is 5. The van der Waals surface area contributed by atoms with Crippen molar-refractivity contribution < 1.29 is 0 Å². The summed E-state index contributed by atoms with van der Waals surface area (Å²) in [6.07, 6.45) is 0. The predicted molar refractivity (Wildman–Crippen MR) is 162 cm³/mol. The lowest BCUT2D eigenvalue weighted by Crippen LogP contribution is -2.14. The smallest absolute Gasteiger partial charge is 0.0389 e. The van der Waals surface area contributed by atoms with Gasteiger partial charge in [0.25, 0.3) is 0 Å². The van der Waals surface area contributed by atoms with Crippen molar-refractivity contribution in [2.75, 3.05) is 0 Å². The first-order valence-corrected chi connectivity index (χ1v) is 13.9. The lowest BCUT2D eigenvalue weighted by molar-refractivity contribution is 0.661. The number of fused-ring (bicyclic) bond motifs is 5. The lowest BCUT2D eigenvalue weighted by Gasteiger charge is -2.23. The largest absolute Gasteiger partial charge is 0.140 e. The van der Waals surface area contributed by atoms with Crippen LogP contribution in [0.15, 0.2) is 91.0 Å². The first kappa shape index (κ1) is 22.5. The Morgan fingerprint density at radius 1 is 0.541 bits per heavy atom. The van der Waals surface area contributed by atoms with Gasteiger partial charge in [-0.2, -0.15) is 0 Å². The van der Waals surface area contributed by atoms with E-state index in [2.05, 4.69) is 126 Å². The Morgan fingerprint density at radius 2 is 1.08 bits per heavy atom. The van der Waals surface area contributed by atoms with E-state index in [-0.39, 0.29) is 5.41 Å². The molecule has 37 heavy (non-hydrogen) atoms. The maximum absolute atomic E-state index is 2.47. The monoisotopic (exact) mass is 494 g/mol. The molecule has 0 atom stereocenters.